The van der Waals surface area contributed by atoms with E-state index in [-0.39, 0.29) is 27.4 Å². The van der Waals surface area contributed by atoms with E-state index in [1.807, 2.05) is 4.98 Å². The average Bonchev–Trinajstić information content (AvgIpc) is 2.66. The van der Waals surface area contributed by atoms with Gasteiger partial charge in [0.15, 0.2) is 12.0 Å². The van der Waals surface area contributed by atoms with E-state index in [2.05, 4.69) is 10.5 Å². The highest BCUT2D eigenvalue weighted by atomic mass is 35.5. The first-order valence-corrected chi connectivity index (χ1v) is 8.65. The lowest BCUT2D eigenvalue weighted by Gasteiger charge is -2.29. The molecule has 0 saturated heterocycles. The van der Waals surface area contributed by atoms with E-state index in [4.69, 9.17) is 33.2 Å². The van der Waals surface area contributed by atoms with Gasteiger partial charge < -0.3 is 4.74 Å². The first-order valence-electron chi connectivity index (χ1n) is 7.89. The minimum absolute atomic E-state index is 0.0519. The molecule has 3 rings (SSSR count). The quantitative estimate of drug-likeness (QED) is 0.741. The molecule has 1 atom stereocenters. The number of aromatic nitrogens is 3. The van der Waals surface area contributed by atoms with Crippen LogP contribution < -0.4 is 21.4 Å². The molecule has 2 aromatic rings. The predicted octanol–water partition coefficient (Wildman–Crippen LogP) is 0.727. The van der Waals surface area contributed by atoms with Crippen LogP contribution in [0.15, 0.2) is 33.9 Å². The van der Waals surface area contributed by atoms with Crippen LogP contribution in [0.5, 0.6) is 5.75 Å². The van der Waals surface area contributed by atoms with Gasteiger partial charge in [0.25, 0.3) is 11.5 Å². The zero-order chi connectivity index (χ0) is 20.4. The summed E-state index contributed by atoms with van der Waals surface area (Å²) in [5.41, 5.74) is 0.718. The van der Waals surface area contributed by atoms with Gasteiger partial charge in [-0.1, -0.05) is 23.2 Å². The maximum atomic E-state index is 12.0. The van der Waals surface area contributed by atoms with E-state index >= 15 is 0 Å². The highest BCUT2D eigenvalue weighted by Crippen LogP contribution is 2.35. The van der Waals surface area contributed by atoms with Crippen LogP contribution in [-0.4, -0.2) is 38.5 Å². The molecule has 10 nitrogen and oxygen atoms in total. The van der Waals surface area contributed by atoms with Crippen LogP contribution >= 0.6 is 23.2 Å². The van der Waals surface area contributed by atoms with Crippen molar-refractivity contribution in [1.29, 1.82) is 5.26 Å². The fourth-order valence-corrected chi connectivity index (χ4v) is 2.95. The molecule has 0 aliphatic carbocycles. The Morgan fingerprint density at radius 3 is 2.57 bits per heavy atom. The predicted molar refractivity (Wildman–Crippen MR) is 99.3 cm³/mol. The number of hydrogen-bond acceptors (Lipinski definition) is 7. The van der Waals surface area contributed by atoms with Crippen molar-refractivity contribution in [3.05, 3.63) is 60.9 Å². The Morgan fingerprint density at radius 2 is 1.96 bits per heavy atom. The Morgan fingerprint density at radius 1 is 1.29 bits per heavy atom. The molecule has 1 aromatic carbocycles. The normalized spacial score (nSPS) is 16.1. The molecule has 1 amide bonds. The maximum Gasteiger partial charge on any atom is 0.349 e. The molecule has 12 heteroatoms. The molecule has 2 heterocycles. The van der Waals surface area contributed by atoms with Crippen LogP contribution in [0.3, 0.4) is 0 Å². The highest BCUT2D eigenvalue weighted by molar-refractivity contribution is 6.37. The largest absolute Gasteiger partial charge is 0.467 e. The molecule has 144 valence electrons. The van der Waals surface area contributed by atoms with E-state index in [0.717, 1.165) is 4.68 Å². The van der Waals surface area contributed by atoms with Gasteiger partial charge in [0.05, 0.1) is 15.7 Å². The first kappa shape index (κ1) is 19.6. The van der Waals surface area contributed by atoms with Crippen molar-refractivity contribution in [3.8, 4) is 17.5 Å². The molecule has 2 N–H and O–H groups in total. The number of carbonyl (C=O) groups excluding carboxylic acids is 1. The van der Waals surface area contributed by atoms with E-state index in [1.165, 1.54) is 29.3 Å². The SMILES string of the molecule is CCN1NC(Oc2c(Cl)cc(-n3nc(C#N)c(=O)[nH]c3=O)cc2Cl)C=CC1=O. The van der Waals surface area contributed by atoms with Crippen molar-refractivity contribution < 1.29 is 9.53 Å². The number of nitriles is 1. The number of hydrogen-bond donors (Lipinski definition) is 2. The van der Waals surface area contributed by atoms with Crippen LogP contribution in [-0.2, 0) is 4.79 Å². The summed E-state index contributed by atoms with van der Waals surface area (Å²) in [6, 6.07) is 4.27. The minimum Gasteiger partial charge on any atom is -0.467 e. The van der Waals surface area contributed by atoms with Gasteiger partial charge in [-0.25, -0.2) is 4.79 Å². The van der Waals surface area contributed by atoms with Crippen molar-refractivity contribution in [2.45, 2.75) is 13.2 Å². The number of nitrogens with zero attached hydrogens (tertiary/aromatic N) is 4. The minimum atomic E-state index is -0.897. The van der Waals surface area contributed by atoms with Crippen LogP contribution in [0.2, 0.25) is 10.0 Å². The summed E-state index contributed by atoms with van der Waals surface area (Å²) in [4.78, 5) is 37.1. The zero-order valence-electron chi connectivity index (χ0n) is 14.3. The number of H-pyrrole nitrogens is 1. The number of likely N-dealkylation sites (N-methyl/N-ethyl adjacent to an activating group) is 1. The fourth-order valence-electron chi connectivity index (χ4n) is 2.39. The molecule has 0 spiro atoms. The Hall–Kier alpha value is -3.13. The van der Waals surface area contributed by atoms with E-state index in [9.17, 15) is 14.4 Å². The Bertz CT molecular complexity index is 1110. The fraction of sp³-hybridized carbons (Fsp3) is 0.188. The Labute approximate surface area is 167 Å². The van der Waals surface area contributed by atoms with Crippen LogP contribution in [0, 0.1) is 11.3 Å². The van der Waals surface area contributed by atoms with Crippen molar-refractivity contribution in [2.24, 2.45) is 0 Å². The molecule has 0 radical (unpaired) electrons. The monoisotopic (exact) mass is 422 g/mol. The van der Waals surface area contributed by atoms with Crippen LogP contribution in [0.25, 0.3) is 5.69 Å². The van der Waals surface area contributed by atoms with Crippen molar-refractivity contribution in [1.82, 2.24) is 25.2 Å². The van der Waals surface area contributed by atoms with Crippen molar-refractivity contribution >= 4 is 29.1 Å². The molecule has 1 aromatic heterocycles. The summed E-state index contributed by atoms with van der Waals surface area (Å²) in [6.45, 7) is 2.21. The summed E-state index contributed by atoms with van der Waals surface area (Å²) in [5, 5.41) is 14.1. The van der Waals surface area contributed by atoms with Gasteiger partial charge in [-0.05, 0) is 25.1 Å². The van der Waals surface area contributed by atoms with Gasteiger partial charge in [-0.2, -0.15) is 15.4 Å². The Balaban J connectivity index is 1.96. The number of nitrogens with one attached hydrogen (secondary N) is 2. The molecule has 0 saturated carbocycles. The number of rotatable bonds is 4. The maximum absolute atomic E-state index is 12.0. The molecular weight excluding hydrogens is 411 g/mol. The van der Waals surface area contributed by atoms with Gasteiger partial charge >= 0.3 is 5.69 Å². The summed E-state index contributed by atoms with van der Waals surface area (Å²) < 4.78 is 6.50. The molecule has 28 heavy (non-hydrogen) atoms. The van der Waals surface area contributed by atoms with Crippen molar-refractivity contribution in [2.75, 3.05) is 6.54 Å². The van der Waals surface area contributed by atoms with Gasteiger partial charge in [0.1, 0.15) is 6.07 Å². The third-order valence-electron chi connectivity index (χ3n) is 3.69. The van der Waals surface area contributed by atoms with E-state index in [0.29, 0.717) is 6.54 Å². The summed E-state index contributed by atoms with van der Waals surface area (Å²) in [6.07, 6.45) is 2.16. The van der Waals surface area contributed by atoms with Gasteiger partial charge in [0.2, 0.25) is 5.69 Å². The number of amides is 1. The average molecular weight is 423 g/mol. The lowest BCUT2D eigenvalue weighted by atomic mass is 10.3. The second-order valence-electron chi connectivity index (χ2n) is 5.48. The summed E-state index contributed by atoms with van der Waals surface area (Å²) in [7, 11) is 0. The van der Waals surface area contributed by atoms with Gasteiger partial charge in [-0.3, -0.25) is 19.6 Å². The molecule has 1 aliphatic heterocycles. The zero-order valence-corrected chi connectivity index (χ0v) is 15.8. The smallest absolute Gasteiger partial charge is 0.349 e. The second kappa shape index (κ2) is 7.85. The third kappa shape index (κ3) is 3.77. The number of aromatic amines is 1. The molecule has 0 bridgehead atoms. The molecular formula is C16H12Cl2N6O4. The molecule has 1 aliphatic rings. The summed E-state index contributed by atoms with van der Waals surface area (Å²) >= 11 is 12.5. The lowest BCUT2D eigenvalue weighted by molar-refractivity contribution is -0.132. The third-order valence-corrected chi connectivity index (χ3v) is 4.25. The van der Waals surface area contributed by atoms with Crippen LogP contribution in [0.1, 0.15) is 12.6 Å². The lowest BCUT2D eigenvalue weighted by Crippen LogP contribution is -2.51. The van der Waals surface area contributed by atoms with Crippen LogP contribution in [0.4, 0.5) is 0 Å². The highest BCUT2D eigenvalue weighted by Gasteiger charge is 2.22. The van der Waals surface area contributed by atoms with Gasteiger partial charge in [-0.15, -0.1) is 5.10 Å². The van der Waals surface area contributed by atoms with Gasteiger partial charge in [0, 0.05) is 12.6 Å². The standard InChI is InChI=1S/C16H12Cl2N6O4/c1-2-23-13(25)4-3-12(22-23)28-14-9(17)5-8(6-10(14)18)24-16(27)20-15(26)11(7-19)21-24/h3-6,12,22H,2H2,1H3,(H,20,26,27). The Kier molecular flexibility index (Phi) is 5.51. The molecule has 0 fully saturated rings. The number of halogens is 2. The van der Waals surface area contributed by atoms with Crippen molar-refractivity contribution in [3.63, 3.8) is 0 Å². The summed E-state index contributed by atoms with van der Waals surface area (Å²) in [5.74, 6) is -0.107. The molecule has 1 unspecified atom stereocenters. The second-order valence-corrected chi connectivity index (χ2v) is 6.29. The topological polar surface area (TPSA) is 133 Å². The number of hydrazine groups is 1. The number of benzene rings is 1. The first-order chi connectivity index (χ1) is 13.3. The number of carbonyl (C=O) groups is 1. The van der Waals surface area contributed by atoms with E-state index < -0.39 is 23.2 Å². The van der Waals surface area contributed by atoms with E-state index in [1.54, 1.807) is 13.0 Å². The number of ether oxygens (including phenoxy) is 1.